The van der Waals surface area contributed by atoms with Gasteiger partial charge in [-0.15, -0.1) is 0 Å². The Morgan fingerprint density at radius 3 is 2.62 bits per heavy atom. The molecule has 1 atom stereocenters. The third-order valence-electron chi connectivity index (χ3n) is 5.07. The summed E-state index contributed by atoms with van der Waals surface area (Å²) in [6.45, 7) is 0.836. The van der Waals surface area contributed by atoms with Crippen LogP contribution in [0, 0.1) is 0 Å². The molecule has 0 aromatic heterocycles. The van der Waals surface area contributed by atoms with Crippen molar-refractivity contribution in [1.29, 1.82) is 0 Å². The fourth-order valence-corrected chi connectivity index (χ4v) is 5.09. The number of sulfonamides is 1. The largest absolute Gasteiger partial charge is 0.496 e. The van der Waals surface area contributed by atoms with Crippen LogP contribution in [-0.4, -0.2) is 59.3 Å². The zero-order chi connectivity index (χ0) is 21.0. The third kappa shape index (κ3) is 4.71. The minimum atomic E-state index is -3.28. The number of carbonyl (C=O) groups excluding carboxylic acids is 1. The number of rotatable bonds is 7. The van der Waals surface area contributed by atoms with E-state index in [1.807, 2.05) is 43.3 Å². The molecule has 0 spiro atoms. The summed E-state index contributed by atoms with van der Waals surface area (Å²) < 4.78 is 31.2. The van der Waals surface area contributed by atoms with E-state index in [1.165, 1.54) is 4.31 Å². The van der Waals surface area contributed by atoms with Gasteiger partial charge >= 0.3 is 0 Å². The van der Waals surface area contributed by atoms with Crippen LogP contribution >= 0.6 is 0 Å². The van der Waals surface area contributed by atoms with E-state index in [-0.39, 0.29) is 17.7 Å². The molecule has 1 unspecified atom stereocenters. The molecule has 0 radical (unpaired) electrons. The number of carbonyl (C=O) groups is 1. The number of ether oxygens (including phenoxy) is 1. The number of amides is 1. The maximum Gasteiger partial charge on any atom is 0.251 e. The Hall–Kier alpha value is -2.58. The summed E-state index contributed by atoms with van der Waals surface area (Å²) in [7, 11) is 2.24. The second-order valence-corrected chi connectivity index (χ2v) is 9.24. The minimum absolute atomic E-state index is 0.0720. The molecule has 29 heavy (non-hydrogen) atoms. The van der Waals surface area contributed by atoms with Crippen LogP contribution in [0.4, 0.5) is 5.69 Å². The Morgan fingerprint density at radius 1 is 1.21 bits per heavy atom. The molecule has 3 rings (SSSR count). The third-order valence-corrected chi connectivity index (χ3v) is 6.94. The van der Waals surface area contributed by atoms with Gasteiger partial charge in [0.05, 0.1) is 24.6 Å². The summed E-state index contributed by atoms with van der Waals surface area (Å²) >= 11 is 0. The standard InChI is InChI=1S/C21H27N3O4S/c1-23(2)19(18-10-4-5-11-20(18)28-3)15-22-21(25)16-8-6-9-17(14-16)24-12-7-13-29(24,26)27/h4-6,8-11,14,19H,7,12-13,15H2,1-3H3,(H,22,25). The van der Waals surface area contributed by atoms with Gasteiger partial charge in [0.15, 0.2) is 0 Å². The van der Waals surface area contributed by atoms with Gasteiger partial charge in [0.2, 0.25) is 10.0 Å². The van der Waals surface area contributed by atoms with Crippen LogP contribution < -0.4 is 14.4 Å². The molecule has 1 saturated heterocycles. The number of benzene rings is 2. The summed E-state index contributed by atoms with van der Waals surface area (Å²) in [6, 6.07) is 14.4. The van der Waals surface area contributed by atoms with Gasteiger partial charge in [-0.05, 0) is 44.8 Å². The average molecular weight is 418 g/mol. The summed E-state index contributed by atoms with van der Waals surface area (Å²) in [6.07, 6.45) is 0.599. The molecule has 0 aliphatic carbocycles. The summed E-state index contributed by atoms with van der Waals surface area (Å²) in [4.78, 5) is 14.8. The van der Waals surface area contributed by atoms with Crippen molar-refractivity contribution in [3.63, 3.8) is 0 Å². The van der Waals surface area contributed by atoms with Gasteiger partial charge in [0.25, 0.3) is 5.91 Å². The number of hydrogen-bond donors (Lipinski definition) is 1. The monoisotopic (exact) mass is 417 g/mol. The van der Waals surface area contributed by atoms with Gasteiger partial charge in [-0.2, -0.15) is 0 Å². The van der Waals surface area contributed by atoms with Crippen LogP contribution in [0.5, 0.6) is 5.75 Å². The van der Waals surface area contributed by atoms with E-state index < -0.39 is 10.0 Å². The van der Waals surface area contributed by atoms with Crippen LogP contribution in [0.2, 0.25) is 0 Å². The molecule has 8 heteroatoms. The first kappa shape index (κ1) is 21.1. The lowest BCUT2D eigenvalue weighted by atomic mass is 10.0. The number of nitrogens with zero attached hydrogens (tertiary/aromatic N) is 2. The van der Waals surface area contributed by atoms with E-state index in [9.17, 15) is 13.2 Å². The van der Waals surface area contributed by atoms with E-state index in [0.717, 1.165) is 11.3 Å². The topological polar surface area (TPSA) is 79.0 Å². The van der Waals surface area contributed by atoms with E-state index in [2.05, 4.69) is 5.32 Å². The van der Waals surface area contributed by atoms with Gasteiger partial charge in [-0.25, -0.2) is 8.42 Å². The van der Waals surface area contributed by atoms with E-state index in [1.54, 1.807) is 31.4 Å². The molecule has 156 valence electrons. The fourth-order valence-electron chi connectivity index (χ4n) is 3.54. The fraction of sp³-hybridized carbons (Fsp3) is 0.381. The molecule has 1 N–H and O–H groups in total. The Morgan fingerprint density at radius 2 is 1.97 bits per heavy atom. The molecule has 2 aromatic carbocycles. The number of anilines is 1. The maximum absolute atomic E-state index is 12.8. The molecular weight excluding hydrogens is 390 g/mol. The molecule has 1 amide bonds. The van der Waals surface area contributed by atoms with Crippen molar-refractivity contribution in [3.8, 4) is 5.75 Å². The van der Waals surface area contributed by atoms with Crippen LogP contribution in [0.25, 0.3) is 0 Å². The number of para-hydroxylation sites is 1. The smallest absolute Gasteiger partial charge is 0.251 e. The van der Waals surface area contributed by atoms with Crippen molar-refractivity contribution in [2.45, 2.75) is 12.5 Å². The van der Waals surface area contributed by atoms with Gasteiger partial charge in [-0.3, -0.25) is 9.10 Å². The molecular formula is C21H27N3O4S. The number of likely N-dealkylation sites (N-methyl/N-ethyl adjacent to an activating group) is 1. The predicted molar refractivity (Wildman–Crippen MR) is 114 cm³/mol. The first-order chi connectivity index (χ1) is 13.8. The van der Waals surface area contributed by atoms with Crippen molar-refractivity contribution in [2.75, 3.05) is 44.4 Å². The Bertz CT molecular complexity index is 975. The van der Waals surface area contributed by atoms with Crippen LogP contribution in [-0.2, 0) is 10.0 Å². The van der Waals surface area contributed by atoms with Crippen LogP contribution in [0.1, 0.15) is 28.4 Å². The Kier molecular flexibility index (Phi) is 6.44. The Balaban J connectivity index is 1.75. The number of methoxy groups -OCH3 is 1. The first-order valence-corrected chi connectivity index (χ1v) is 11.1. The molecule has 7 nitrogen and oxygen atoms in total. The van der Waals surface area contributed by atoms with E-state index in [0.29, 0.717) is 30.8 Å². The lowest BCUT2D eigenvalue weighted by Crippen LogP contribution is -2.35. The maximum atomic E-state index is 12.8. The lowest BCUT2D eigenvalue weighted by Gasteiger charge is -2.26. The highest BCUT2D eigenvalue weighted by Crippen LogP contribution is 2.28. The van der Waals surface area contributed by atoms with Crippen molar-refractivity contribution in [2.24, 2.45) is 0 Å². The predicted octanol–water partition coefficient (Wildman–Crippen LogP) is 2.27. The average Bonchev–Trinajstić information content (AvgIpc) is 3.07. The van der Waals surface area contributed by atoms with Gasteiger partial charge < -0.3 is 15.0 Å². The van der Waals surface area contributed by atoms with Crippen molar-refractivity contribution in [1.82, 2.24) is 10.2 Å². The normalized spacial score (nSPS) is 16.6. The van der Waals surface area contributed by atoms with E-state index >= 15 is 0 Å². The quantitative estimate of drug-likeness (QED) is 0.748. The van der Waals surface area contributed by atoms with Gasteiger partial charge in [0.1, 0.15) is 5.75 Å². The molecule has 2 aromatic rings. The van der Waals surface area contributed by atoms with E-state index in [4.69, 9.17) is 4.74 Å². The SMILES string of the molecule is COc1ccccc1C(CNC(=O)c1cccc(N2CCCS2(=O)=O)c1)N(C)C. The lowest BCUT2D eigenvalue weighted by molar-refractivity contribution is 0.0941. The second-order valence-electron chi connectivity index (χ2n) is 7.22. The summed E-state index contributed by atoms with van der Waals surface area (Å²) in [5.41, 5.74) is 1.95. The molecule has 1 heterocycles. The summed E-state index contributed by atoms with van der Waals surface area (Å²) in [5, 5.41) is 2.96. The molecule has 0 bridgehead atoms. The van der Waals surface area contributed by atoms with Crippen molar-refractivity contribution in [3.05, 3.63) is 59.7 Å². The first-order valence-electron chi connectivity index (χ1n) is 9.51. The zero-order valence-electron chi connectivity index (χ0n) is 17.0. The zero-order valence-corrected chi connectivity index (χ0v) is 17.8. The van der Waals surface area contributed by atoms with Crippen molar-refractivity contribution >= 4 is 21.6 Å². The molecule has 1 aliphatic heterocycles. The minimum Gasteiger partial charge on any atom is -0.496 e. The molecule has 1 fully saturated rings. The van der Waals surface area contributed by atoms with Gasteiger partial charge in [0, 0.05) is 24.2 Å². The highest BCUT2D eigenvalue weighted by atomic mass is 32.2. The highest BCUT2D eigenvalue weighted by molar-refractivity contribution is 7.93. The molecule has 1 aliphatic rings. The second kappa shape index (κ2) is 8.84. The van der Waals surface area contributed by atoms with Crippen LogP contribution in [0.15, 0.2) is 48.5 Å². The van der Waals surface area contributed by atoms with Gasteiger partial charge in [-0.1, -0.05) is 24.3 Å². The number of hydrogen-bond acceptors (Lipinski definition) is 5. The van der Waals surface area contributed by atoms with Crippen LogP contribution in [0.3, 0.4) is 0 Å². The number of nitrogens with one attached hydrogen (secondary N) is 1. The van der Waals surface area contributed by atoms with Crippen molar-refractivity contribution < 1.29 is 17.9 Å². The highest BCUT2D eigenvalue weighted by Gasteiger charge is 2.28. The Labute approximate surface area is 172 Å². The molecule has 0 saturated carbocycles. The summed E-state index contributed by atoms with van der Waals surface area (Å²) in [5.74, 6) is 0.666.